The van der Waals surface area contributed by atoms with Gasteiger partial charge in [-0.3, -0.25) is 4.90 Å². The normalized spacial score (nSPS) is 16.6. The average molecular weight is 395 g/mol. The summed E-state index contributed by atoms with van der Waals surface area (Å²) >= 11 is 0. The molecule has 0 saturated carbocycles. The Hall–Kier alpha value is -2.27. The lowest BCUT2D eigenvalue weighted by Gasteiger charge is -2.32. The lowest BCUT2D eigenvalue weighted by molar-refractivity contribution is -0.148. The molecule has 2 rings (SSSR count). The second kappa shape index (κ2) is 10.9. The molecule has 0 aliphatic carbocycles. The Balaban J connectivity index is 1.73. The molecule has 1 heterocycles. The van der Waals surface area contributed by atoms with E-state index in [9.17, 15) is 13.2 Å². The minimum atomic E-state index is -4.11. The first-order valence-corrected chi connectivity index (χ1v) is 9.70. The molecule has 0 unspecified atom stereocenters. The number of guanidine groups is 1. The zero-order valence-corrected chi connectivity index (χ0v) is 16.2. The number of benzene rings is 1. The van der Waals surface area contributed by atoms with Crippen molar-refractivity contribution in [2.75, 3.05) is 32.7 Å². The number of likely N-dealkylation sites (tertiary alicyclic amines) is 1. The highest BCUT2D eigenvalue weighted by Gasteiger charge is 2.32. The molecule has 28 heavy (non-hydrogen) atoms. The van der Waals surface area contributed by atoms with Crippen molar-refractivity contribution < 1.29 is 13.2 Å². The van der Waals surface area contributed by atoms with E-state index in [0.717, 1.165) is 43.9 Å². The molecule has 0 amide bonds. The maximum absolute atomic E-state index is 12.4. The monoisotopic (exact) mass is 395 g/mol. The van der Waals surface area contributed by atoms with Crippen LogP contribution in [0.25, 0.3) is 0 Å². The van der Waals surface area contributed by atoms with Crippen LogP contribution in [0.1, 0.15) is 37.3 Å². The standard InChI is InChI=1S/C20H28F3N5/c1-2-25-19(27-14-18-5-3-17(13-24)4-6-18)26-10-7-16-8-11-28(12-9-16)15-20(21,22)23/h3-6,16H,2,7-12,14-15H2,1H3,(H2,25,26,27). The van der Waals surface area contributed by atoms with Crippen molar-refractivity contribution in [3.8, 4) is 6.07 Å². The summed E-state index contributed by atoms with van der Waals surface area (Å²) in [6.45, 7) is 4.21. The van der Waals surface area contributed by atoms with Crippen molar-refractivity contribution >= 4 is 5.96 Å². The van der Waals surface area contributed by atoms with E-state index < -0.39 is 12.7 Å². The number of rotatable bonds is 7. The molecule has 1 saturated heterocycles. The van der Waals surface area contributed by atoms with Gasteiger partial charge in [-0.25, -0.2) is 4.99 Å². The molecule has 8 heteroatoms. The van der Waals surface area contributed by atoms with Crippen LogP contribution < -0.4 is 10.6 Å². The Kier molecular flexibility index (Phi) is 8.58. The van der Waals surface area contributed by atoms with E-state index in [1.165, 1.54) is 4.90 Å². The number of halogens is 3. The number of nitrogens with one attached hydrogen (secondary N) is 2. The van der Waals surface area contributed by atoms with E-state index in [1.807, 2.05) is 19.1 Å². The highest BCUT2D eigenvalue weighted by atomic mass is 19.4. The summed E-state index contributed by atoms with van der Waals surface area (Å²) in [5.74, 6) is 1.17. The van der Waals surface area contributed by atoms with Gasteiger partial charge in [0.2, 0.25) is 0 Å². The average Bonchev–Trinajstić information content (AvgIpc) is 2.66. The molecule has 0 spiro atoms. The van der Waals surface area contributed by atoms with Gasteiger partial charge in [0.1, 0.15) is 0 Å². The molecule has 0 atom stereocenters. The van der Waals surface area contributed by atoms with Crippen LogP contribution in [-0.4, -0.2) is 49.8 Å². The minimum Gasteiger partial charge on any atom is -0.357 e. The highest BCUT2D eigenvalue weighted by Crippen LogP contribution is 2.23. The van der Waals surface area contributed by atoms with Gasteiger partial charge in [-0.1, -0.05) is 12.1 Å². The van der Waals surface area contributed by atoms with E-state index in [0.29, 0.717) is 31.1 Å². The van der Waals surface area contributed by atoms with E-state index >= 15 is 0 Å². The van der Waals surface area contributed by atoms with Gasteiger partial charge in [0.05, 0.1) is 24.7 Å². The Morgan fingerprint density at radius 1 is 1.21 bits per heavy atom. The fourth-order valence-corrected chi connectivity index (χ4v) is 3.28. The first-order valence-electron chi connectivity index (χ1n) is 9.70. The van der Waals surface area contributed by atoms with E-state index in [4.69, 9.17) is 5.26 Å². The topological polar surface area (TPSA) is 63.5 Å². The largest absolute Gasteiger partial charge is 0.401 e. The van der Waals surface area contributed by atoms with Gasteiger partial charge in [-0.15, -0.1) is 0 Å². The third-order valence-corrected chi connectivity index (χ3v) is 4.80. The summed E-state index contributed by atoms with van der Waals surface area (Å²) in [7, 11) is 0. The van der Waals surface area contributed by atoms with Gasteiger partial charge >= 0.3 is 6.18 Å². The lowest BCUT2D eigenvalue weighted by atomic mass is 9.93. The van der Waals surface area contributed by atoms with Gasteiger partial charge in [-0.05, 0) is 62.9 Å². The lowest BCUT2D eigenvalue weighted by Crippen LogP contribution is -2.41. The van der Waals surface area contributed by atoms with Crippen molar-refractivity contribution in [3.05, 3.63) is 35.4 Å². The van der Waals surface area contributed by atoms with Crippen LogP contribution in [0.5, 0.6) is 0 Å². The summed E-state index contributed by atoms with van der Waals surface area (Å²) in [5, 5.41) is 15.3. The zero-order valence-electron chi connectivity index (χ0n) is 16.2. The Bertz CT molecular complexity index is 656. The van der Waals surface area contributed by atoms with Crippen LogP contribution >= 0.6 is 0 Å². The second-order valence-electron chi connectivity index (χ2n) is 7.05. The molecular formula is C20H28F3N5. The van der Waals surface area contributed by atoms with Gasteiger partial charge in [-0.2, -0.15) is 18.4 Å². The van der Waals surface area contributed by atoms with E-state index in [1.54, 1.807) is 12.1 Å². The molecule has 1 fully saturated rings. The second-order valence-corrected chi connectivity index (χ2v) is 7.05. The van der Waals surface area contributed by atoms with Crippen LogP contribution in [0.3, 0.4) is 0 Å². The number of hydrogen-bond acceptors (Lipinski definition) is 3. The Morgan fingerprint density at radius 3 is 2.46 bits per heavy atom. The number of nitrogens with zero attached hydrogens (tertiary/aromatic N) is 3. The first kappa shape index (κ1) is 22.0. The van der Waals surface area contributed by atoms with Crippen LogP contribution in [0.15, 0.2) is 29.3 Å². The van der Waals surface area contributed by atoms with Crippen molar-refractivity contribution in [3.63, 3.8) is 0 Å². The summed E-state index contributed by atoms with van der Waals surface area (Å²) in [6, 6.07) is 9.42. The molecular weight excluding hydrogens is 367 g/mol. The molecule has 1 aromatic rings. The summed E-state index contributed by atoms with van der Waals surface area (Å²) < 4.78 is 37.3. The van der Waals surface area contributed by atoms with Gasteiger partial charge in [0.15, 0.2) is 5.96 Å². The predicted octanol–water partition coefficient (Wildman–Crippen LogP) is 3.28. The molecule has 2 N–H and O–H groups in total. The predicted molar refractivity (Wildman–Crippen MR) is 104 cm³/mol. The smallest absolute Gasteiger partial charge is 0.357 e. The number of hydrogen-bond donors (Lipinski definition) is 2. The minimum absolute atomic E-state index is 0.443. The van der Waals surface area contributed by atoms with Gasteiger partial charge in [0.25, 0.3) is 0 Å². The first-order chi connectivity index (χ1) is 13.4. The molecule has 1 aliphatic heterocycles. The van der Waals surface area contributed by atoms with Crippen LogP contribution in [0, 0.1) is 17.2 Å². The number of alkyl halides is 3. The molecule has 154 valence electrons. The van der Waals surface area contributed by atoms with Crippen LogP contribution in [-0.2, 0) is 6.54 Å². The van der Waals surface area contributed by atoms with Gasteiger partial charge < -0.3 is 10.6 Å². The number of piperidine rings is 1. The van der Waals surface area contributed by atoms with Gasteiger partial charge in [0, 0.05) is 13.1 Å². The third kappa shape index (κ3) is 8.17. The summed E-state index contributed by atoms with van der Waals surface area (Å²) in [6.07, 6.45) is -1.59. The van der Waals surface area contributed by atoms with Crippen LogP contribution in [0.4, 0.5) is 13.2 Å². The third-order valence-electron chi connectivity index (χ3n) is 4.80. The molecule has 1 aromatic carbocycles. The highest BCUT2D eigenvalue weighted by molar-refractivity contribution is 5.79. The fraction of sp³-hybridized carbons (Fsp3) is 0.600. The van der Waals surface area contributed by atoms with Crippen molar-refractivity contribution in [2.24, 2.45) is 10.9 Å². The molecule has 0 radical (unpaired) electrons. The SMILES string of the molecule is CCNC(=NCc1ccc(C#N)cc1)NCCC1CCN(CC(F)(F)F)CC1. The van der Waals surface area contributed by atoms with Crippen molar-refractivity contribution in [1.82, 2.24) is 15.5 Å². The quantitative estimate of drug-likeness (QED) is 0.549. The van der Waals surface area contributed by atoms with Crippen molar-refractivity contribution in [2.45, 2.75) is 38.9 Å². The Labute approximate surface area is 164 Å². The number of nitriles is 1. The van der Waals surface area contributed by atoms with E-state index in [-0.39, 0.29) is 0 Å². The summed E-state index contributed by atoms with van der Waals surface area (Å²) in [5.41, 5.74) is 1.65. The van der Waals surface area contributed by atoms with Crippen LogP contribution in [0.2, 0.25) is 0 Å². The Morgan fingerprint density at radius 2 is 1.89 bits per heavy atom. The zero-order chi connectivity index (χ0) is 20.4. The fourth-order valence-electron chi connectivity index (χ4n) is 3.28. The van der Waals surface area contributed by atoms with E-state index in [2.05, 4.69) is 21.7 Å². The molecule has 5 nitrogen and oxygen atoms in total. The summed E-state index contributed by atoms with van der Waals surface area (Å²) in [4.78, 5) is 6.05. The molecule has 0 bridgehead atoms. The molecule has 0 aromatic heterocycles. The maximum Gasteiger partial charge on any atom is 0.401 e. The van der Waals surface area contributed by atoms with Crippen molar-refractivity contribution in [1.29, 1.82) is 5.26 Å². The molecule has 1 aliphatic rings. The maximum atomic E-state index is 12.4. The number of aliphatic imine (C=N–C) groups is 1.